The lowest BCUT2D eigenvalue weighted by Gasteiger charge is -2.05. The Labute approximate surface area is 107 Å². The Morgan fingerprint density at radius 3 is 2.44 bits per heavy atom. The van der Waals surface area contributed by atoms with Crippen LogP contribution in [0.2, 0.25) is 0 Å². The lowest BCUT2D eigenvalue weighted by atomic mass is 10.1. The zero-order chi connectivity index (χ0) is 13.1. The molecule has 0 bridgehead atoms. The summed E-state index contributed by atoms with van der Waals surface area (Å²) in [6.45, 7) is 1.95. The van der Waals surface area contributed by atoms with E-state index in [1.165, 1.54) is 12.1 Å². The van der Waals surface area contributed by atoms with Crippen LogP contribution in [-0.4, -0.2) is 16.7 Å². The lowest BCUT2D eigenvalue weighted by molar-refractivity contribution is 0.427. The molecular formula is C11H11F2N3OS. The van der Waals surface area contributed by atoms with Crippen LogP contribution in [-0.2, 0) is 6.42 Å². The van der Waals surface area contributed by atoms with Crippen LogP contribution < -0.4 is 5.73 Å². The number of benzene rings is 1. The van der Waals surface area contributed by atoms with Crippen LogP contribution in [0.15, 0.2) is 26.7 Å². The number of halogens is 2. The molecule has 1 aromatic carbocycles. The van der Waals surface area contributed by atoms with E-state index in [0.29, 0.717) is 24.4 Å². The van der Waals surface area contributed by atoms with Gasteiger partial charge in [0.2, 0.25) is 5.89 Å². The third-order valence-corrected chi connectivity index (χ3v) is 3.12. The van der Waals surface area contributed by atoms with Crippen molar-refractivity contribution >= 4 is 11.8 Å². The van der Waals surface area contributed by atoms with Gasteiger partial charge in [-0.1, -0.05) is 0 Å². The number of nitrogens with two attached hydrogens (primary N) is 1. The van der Waals surface area contributed by atoms with Crippen molar-refractivity contribution in [2.45, 2.75) is 23.5 Å². The van der Waals surface area contributed by atoms with Crippen LogP contribution in [0, 0.1) is 18.6 Å². The van der Waals surface area contributed by atoms with E-state index in [1.54, 1.807) is 6.92 Å². The van der Waals surface area contributed by atoms with E-state index in [2.05, 4.69) is 10.2 Å². The molecule has 1 heterocycles. The quantitative estimate of drug-likeness (QED) is 0.924. The van der Waals surface area contributed by atoms with Gasteiger partial charge in [-0.2, -0.15) is 0 Å². The molecule has 0 saturated heterocycles. The molecule has 1 aromatic heterocycles. The second-order valence-corrected chi connectivity index (χ2v) is 4.58. The van der Waals surface area contributed by atoms with Gasteiger partial charge in [0.15, 0.2) is 0 Å². The summed E-state index contributed by atoms with van der Waals surface area (Å²) in [4.78, 5) is -0.153. The van der Waals surface area contributed by atoms with Gasteiger partial charge >= 0.3 is 0 Å². The third-order valence-electron chi connectivity index (χ3n) is 2.19. The number of nitrogens with zero attached hydrogens (tertiary/aromatic N) is 2. The summed E-state index contributed by atoms with van der Waals surface area (Å²) in [5, 5.41) is 7.37. The van der Waals surface area contributed by atoms with Gasteiger partial charge < -0.3 is 10.2 Å². The summed E-state index contributed by atoms with van der Waals surface area (Å²) in [5.74, 6) is -0.961. The van der Waals surface area contributed by atoms with E-state index >= 15 is 0 Å². The number of hydrogen-bond donors (Lipinski definition) is 1. The third kappa shape index (κ3) is 2.85. The Morgan fingerprint density at radius 1 is 1.28 bits per heavy atom. The Hall–Kier alpha value is -1.47. The highest BCUT2D eigenvalue weighted by Gasteiger charge is 2.15. The van der Waals surface area contributed by atoms with Gasteiger partial charge in [0, 0.05) is 6.92 Å². The first-order valence-corrected chi connectivity index (χ1v) is 6.07. The Balaban J connectivity index is 2.28. The van der Waals surface area contributed by atoms with Crippen LogP contribution in [0.1, 0.15) is 11.5 Å². The molecule has 0 aliphatic heterocycles. The van der Waals surface area contributed by atoms with Crippen molar-refractivity contribution in [3.8, 4) is 0 Å². The number of rotatable bonds is 4. The molecule has 0 spiro atoms. The molecule has 7 heteroatoms. The molecule has 18 heavy (non-hydrogen) atoms. The van der Waals surface area contributed by atoms with Crippen molar-refractivity contribution < 1.29 is 13.2 Å². The van der Waals surface area contributed by atoms with E-state index in [-0.39, 0.29) is 10.1 Å². The summed E-state index contributed by atoms with van der Waals surface area (Å²) in [7, 11) is 0. The standard InChI is InChI=1S/C11H11F2N3OS/c1-6-15-16-11(17-6)18-10-8(12)4-7(2-3-14)5-9(10)13/h4-5H,2-3,14H2,1H3. The predicted molar refractivity (Wildman–Crippen MR) is 62.3 cm³/mol. The number of aryl methyl sites for hydroxylation is 1. The van der Waals surface area contributed by atoms with Crippen molar-refractivity contribution in [2.75, 3.05) is 6.54 Å². The van der Waals surface area contributed by atoms with Gasteiger partial charge in [-0.05, 0) is 42.4 Å². The summed E-state index contributed by atoms with van der Waals surface area (Å²) < 4.78 is 32.5. The first-order chi connectivity index (χ1) is 8.60. The maximum absolute atomic E-state index is 13.7. The highest BCUT2D eigenvalue weighted by molar-refractivity contribution is 7.99. The Bertz CT molecular complexity index is 536. The van der Waals surface area contributed by atoms with Crippen LogP contribution in [0.4, 0.5) is 8.78 Å². The van der Waals surface area contributed by atoms with Crippen molar-refractivity contribution in [3.63, 3.8) is 0 Å². The number of hydrogen-bond acceptors (Lipinski definition) is 5. The molecule has 2 N–H and O–H groups in total. The Morgan fingerprint density at radius 2 is 1.94 bits per heavy atom. The van der Waals surface area contributed by atoms with Gasteiger partial charge in [0.25, 0.3) is 5.22 Å². The average Bonchev–Trinajstić information content (AvgIpc) is 2.70. The minimum absolute atomic E-state index is 0.108. The fourth-order valence-corrected chi connectivity index (χ4v) is 2.16. The van der Waals surface area contributed by atoms with Crippen LogP contribution >= 0.6 is 11.8 Å². The molecule has 0 atom stereocenters. The van der Waals surface area contributed by atoms with Crippen LogP contribution in [0.3, 0.4) is 0 Å². The van der Waals surface area contributed by atoms with Gasteiger partial charge in [-0.25, -0.2) is 8.78 Å². The fraction of sp³-hybridized carbons (Fsp3) is 0.273. The second-order valence-electron chi connectivity index (χ2n) is 3.62. The zero-order valence-electron chi connectivity index (χ0n) is 9.61. The maximum atomic E-state index is 13.7. The SMILES string of the molecule is Cc1nnc(Sc2c(F)cc(CCN)cc2F)o1. The summed E-state index contributed by atoms with van der Waals surface area (Å²) in [5.41, 5.74) is 5.87. The lowest BCUT2D eigenvalue weighted by Crippen LogP contribution is -2.04. The summed E-state index contributed by atoms with van der Waals surface area (Å²) in [6.07, 6.45) is 0.429. The number of aromatic nitrogens is 2. The molecule has 0 saturated carbocycles. The zero-order valence-corrected chi connectivity index (χ0v) is 10.4. The molecule has 0 radical (unpaired) electrons. The van der Waals surface area contributed by atoms with Crippen LogP contribution in [0.25, 0.3) is 0 Å². The normalized spacial score (nSPS) is 10.9. The van der Waals surface area contributed by atoms with Gasteiger partial charge in [0.1, 0.15) is 11.6 Å². The molecule has 0 aliphatic carbocycles. The van der Waals surface area contributed by atoms with E-state index in [9.17, 15) is 8.78 Å². The van der Waals surface area contributed by atoms with E-state index in [4.69, 9.17) is 10.2 Å². The van der Waals surface area contributed by atoms with E-state index in [0.717, 1.165) is 11.8 Å². The summed E-state index contributed by atoms with van der Waals surface area (Å²) in [6, 6.07) is 2.53. The minimum Gasteiger partial charge on any atom is -0.416 e. The van der Waals surface area contributed by atoms with E-state index in [1.807, 2.05) is 0 Å². The van der Waals surface area contributed by atoms with E-state index < -0.39 is 11.6 Å². The molecular weight excluding hydrogens is 260 g/mol. The molecule has 0 aliphatic rings. The van der Waals surface area contributed by atoms with Gasteiger partial charge in [-0.3, -0.25) is 0 Å². The topological polar surface area (TPSA) is 64.9 Å². The molecule has 0 fully saturated rings. The highest BCUT2D eigenvalue weighted by atomic mass is 32.2. The van der Waals surface area contributed by atoms with Gasteiger partial charge in [0.05, 0.1) is 4.90 Å². The van der Waals surface area contributed by atoms with Crippen LogP contribution in [0.5, 0.6) is 0 Å². The van der Waals surface area contributed by atoms with Crippen molar-refractivity contribution in [1.82, 2.24) is 10.2 Å². The van der Waals surface area contributed by atoms with Crippen molar-refractivity contribution in [1.29, 1.82) is 0 Å². The first kappa shape index (κ1) is 13.0. The Kier molecular flexibility index (Phi) is 3.93. The fourth-order valence-electron chi connectivity index (χ4n) is 1.43. The molecule has 96 valence electrons. The largest absolute Gasteiger partial charge is 0.416 e. The predicted octanol–water partition coefficient (Wildman–Crippen LogP) is 2.31. The maximum Gasteiger partial charge on any atom is 0.281 e. The van der Waals surface area contributed by atoms with Crippen molar-refractivity contribution in [2.24, 2.45) is 5.73 Å². The monoisotopic (exact) mass is 271 g/mol. The molecule has 2 aromatic rings. The smallest absolute Gasteiger partial charge is 0.281 e. The molecule has 2 rings (SSSR count). The van der Waals surface area contributed by atoms with Gasteiger partial charge in [-0.15, -0.1) is 10.2 Å². The average molecular weight is 271 g/mol. The van der Waals surface area contributed by atoms with Crippen molar-refractivity contribution in [3.05, 3.63) is 35.2 Å². The summed E-state index contributed by atoms with van der Waals surface area (Å²) >= 11 is 0.767. The molecule has 0 unspecified atom stereocenters. The highest BCUT2D eigenvalue weighted by Crippen LogP contribution is 2.31. The molecule has 4 nitrogen and oxygen atoms in total. The second kappa shape index (κ2) is 5.45. The molecule has 0 amide bonds. The minimum atomic E-state index is -0.653. The first-order valence-electron chi connectivity index (χ1n) is 5.26.